The molecule has 0 spiro atoms. The molecule has 4 rings (SSSR count). The summed E-state index contributed by atoms with van der Waals surface area (Å²) in [6.45, 7) is 2.44. The third-order valence-corrected chi connectivity index (χ3v) is 6.64. The van der Waals surface area contributed by atoms with E-state index in [0.717, 1.165) is 12.8 Å². The Morgan fingerprint density at radius 2 is 2.03 bits per heavy atom. The van der Waals surface area contributed by atoms with Crippen LogP contribution < -0.4 is 10.9 Å². The van der Waals surface area contributed by atoms with Gasteiger partial charge in [-0.2, -0.15) is 0 Å². The van der Waals surface area contributed by atoms with E-state index in [-0.39, 0.29) is 41.8 Å². The number of aromatic amines is 1. The van der Waals surface area contributed by atoms with Gasteiger partial charge in [0.25, 0.3) is 11.5 Å². The standard InChI is InChI=1S/C22H28N4O4/c1-2-22(21(30)23-11-6-12-27)14-16-9-10-18(22)25(16)20(29)17-13-19(28)26(24-17)15-7-4-3-5-8-15/h3-5,7-8,13,16,18,24,27H,2,6,9-12,14H2,1H3,(H,23,30)/t16-,18+,22+/m1/s1. The third-order valence-electron chi connectivity index (χ3n) is 6.64. The van der Waals surface area contributed by atoms with Crippen molar-refractivity contribution in [3.8, 4) is 5.69 Å². The molecule has 8 heteroatoms. The highest BCUT2D eigenvalue weighted by Gasteiger charge is 2.60. The van der Waals surface area contributed by atoms with Gasteiger partial charge in [0, 0.05) is 31.3 Å². The van der Waals surface area contributed by atoms with Gasteiger partial charge >= 0.3 is 0 Å². The van der Waals surface area contributed by atoms with Crippen molar-refractivity contribution in [1.82, 2.24) is 20.0 Å². The van der Waals surface area contributed by atoms with Crippen LogP contribution in [-0.2, 0) is 4.79 Å². The van der Waals surface area contributed by atoms with Crippen molar-refractivity contribution < 1.29 is 14.7 Å². The van der Waals surface area contributed by atoms with Gasteiger partial charge in [0.1, 0.15) is 5.69 Å². The molecule has 2 saturated heterocycles. The molecule has 2 aliphatic rings. The zero-order chi connectivity index (χ0) is 21.3. The summed E-state index contributed by atoms with van der Waals surface area (Å²) in [5.41, 5.74) is 0.00103. The molecule has 0 aliphatic carbocycles. The first-order chi connectivity index (χ1) is 14.5. The Balaban J connectivity index is 1.59. The van der Waals surface area contributed by atoms with Gasteiger partial charge in [-0.05, 0) is 44.2 Å². The lowest BCUT2D eigenvalue weighted by Crippen LogP contribution is -2.50. The van der Waals surface area contributed by atoms with Crippen molar-refractivity contribution in [1.29, 1.82) is 0 Å². The maximum absolute atomic E-state index is 13.4. The van der Waals surface area contributed by atoms with Crippen LogP contribution in [0.15, 0.2) is 41.2 Å². The van der Waals surface area contributed by atoms with E-state index in [0.29, 0.717) is 31.5 Å². The SMILES string of the molecule is CC[C@]1(C(=O)NCCCO)C[C@H]2CC[C@@H]1N2C(=O)c1cc(=O)n(-c2ccccc2)[nH]1. The lowest BCUT2D eigenvalue weighted by Gasteiger charge is -2.35. The maximum Gasteiger partial charge on any atom is 0.272 e. The smallest absolute Gasteiger partial charge is 0.272 e. The molecule has 0 radical (unpaired) electrons. The molecule has 3 N–H and O–H groups in total. The zero-order valence-corrected chi connectivity index (χ0v) is 17.1. The van der Waals surface area contributed by atoms with Crippen LogP contribution in [0.5, 0.6) is 0 Å². The van der Waals surface area contributed by atoms with Crippen LogP contribution in [0.3, 0.4) is 0 Å². The average molecular weight is 412 g/mol. The van der Waals surface area contributed by atoms with Crippen molar-refractivity contribution in [2.75, 3.05) is 13.2 Å². The number of nitrogens with one attached hydrogen (secondary N) is 2. The minimum absolute atomic E-state index is 0.00498. The zero-order valence-electron chi connectivity index (χ0n) is 17.1. The van der Waals surface area contributed by atoms with Crippen LogP contribution in [0.4, 0.5) is 0 Å². The minimum atomic E-state index is -0.615. The van der Waals surface area contributed by atoms with E-state index in [1.54, 1.807) is 12.1 Å². The molecule has 160 valence electrons. The number of benzene rings is 1. The molecule has 8 nitrogen and oxygen atoms in total. The van der Waals surface area contributed by atoms with Gasteiger partial charge in [0.05, 0.1) is 11.1 Å². The fourth-order valence-corrected chi connectivity index (χ4v) is 5.14. The first kappa shape index (κ1) is 20.4. The molecule has 0 saturated carbocycles. The van der Waals surface area contributed by atoms with Gasteiger partial charge < -0.3 is 15.3 Å². The van der Waals surface area contributed by atoms with Crippen molar-refractivity contribution >= 4 is 11.8 Å². The summed E-state index contributed by atoms with van der Waals surface area (Å²) in [6.07, 6.45) is 3.43. The van der Waals surface area contributed by atoms with Gasteiger partial charge in [-0.25, -0.2) is 4.68 Å². The summed E-state index contributed by atoms with van der Waals surface area (Å²) in [5.74, 6) is -0.272. The Morgan fingerprint density at radius 3 is 2.73 bits per heavy atom. The summed E-state index contributed by atoms with van der Waals surface area (Å²) < 4.78 is 1.36. The molecule has 1 aromatic heterocycles. The van der Waals surface area contributed by atoms with Crippen LogP contribution in [0.1, 0.15) is 49.5 Å². The predicted octanol–water partition coefficient (Wildman–Crippen LogP) is 1.44. The second-order valence-corrected chi connectivity index (χ2v) is 8.19. The maximum atomic E-state index is 13.4. The average Bonchev–Trinajstić information content (AvgIpc) is 3.45. The summed E-state index contributed by atoms with van der Waals surface area (Å²) in [4.78, 5) is 40.7. The molecule has 2 fully saturated rings. The van der Waals surface area contributed by atoms with Crippen molar-refractivity contribution in [2.45, 2.75) is 51.1 Å². The first-order valence-corrected chi connectivity index (χ1v) is 10.6. The highest BCUT2D eigenvalue weighted by atomic mass is 16.3. The van der Waals surface area contributed by atoms with Crippen LogP contribution in [0, 0.1) is 5.41 Å². The van der Waals surface area contributed by atoms with E-state index in [4.69, 9.17) is 5.11 Å². The largest absolute Gasteiger partial charge is 0.396 e. The molecule has 2 aliphatic heterocycles. The van der Waals surface area contributed by atoms with Gasteiger partial charge in [0.2, 0.25) is 5.91 Å². The molecule has 2 aromatic rings. The van der Waals surface area contributed by atoms with Crippen molar-refractivity contribution in [3.05, 3.63) is 52.4 Å². The Hall–Kier alpha value is -2.87. The number of nitrogens with zero attached hydrogens (tertiary/aromatic N) is 2. The number of rotatable bonds is 7. The topological polar surface area (TPSA) is 107 Å². The number of carbonyl (C=O) groups excluding carboxylic acids is 2. The fourth-order valence-electron chi connectivity index (χ4n) is 5.14. The van der Waals surface area contributed by atoms with E-state index >= 15 is 0 Å². The highest BCUT2D eigenvalue weighted by molar-refractivity contribution is 5.95. The minimum Gasteiger partial charge on any atom is -0.396 e. The molecule has 2 amide bonds. The molecule has 1 aromatic carbocycles. The van der Waals surface area contributed by atoms with Crippen LogP contribution in [0.25, 0.3) is 5.69 Å². The number of hydrogen-bond donors (Lipinski definition) is 3. The molecular weight excluding hydrogens is 384 g/mol. The number of fused-ring (bicyclic) bond motifs is 2. The molecule has 3 atom stereocenters. The van der Waals surface area contributed by atoms with E-state index in [1.165, 1.54) is 10.7 Å². The fraction of sp³-hybridized carbons (Fsp3) is 0.500. The van der Waals surface area contributed by atoms with Gasteiger partial charge in [-0.15, -0.1) is 0 Å². The van der Waals surface area contributed by atoms with Gasteiger partial charge in [-0.3, -0.25) is 19.5 Å². The molecule has 3 heterocycles. The first-order valence-electron chi connectivity index (χ1n) is 10.6. The van der Waals surface area contributed by atoms with E-state index < -0.39 is 5.41 Å². The quantitative estimate of drug-likeness (QED) is 0.598. The molecule has 2 bridgehead atoms. The van der Waals surface area contributed by atoms with Crippen molar-refractivity contribution in [3.63, 3.8) is 0 Å². The molecule has 0 unspecified atom stereocenters. The number of para-hydroxylation sites is 1. The van der Waals surface area contributed by atoms with Crippen LogP contribution >= 0.6 is 0 Å². The van der Waals surface area contributed by atoms with Gasteiger partial charge in [0.15, 0.2) is 0 Å². The highest BCUT2D eigenvalue weighted by Crippen LogP contribution is 2.52. The third kappa shape index (κ3) is 3.25. The lowest BCUT2D eigenvalue weighted by atomic mass is 9.71. The Bertz CT molecular complexity index is 983. The summed E-state index contributed by atoms with van der Waals surface area (Å²) in [7, 11) is 0. The summed E-state index contributed by atoms with van der Waals surface area (Å²) >= 11 is 0. The normalized spacial score (nSPS) is 24.9. The van der Waals surface area contributed by atoms with Crippen LogP contribution in [0.2, 0.25) is 0 Å². The van der Waals surface area contributed by atoms with Crippen molar-refractivity contribution in [2.24, 2.45) is 5.41 Å². The molecular formula is C22H28N4O4. The number of aliphatic hydroxyl groups excluding tert-OH is 1. The van der Waals surface area contributed by atoms with E-state index in [2.05, 4.69) is 10.4 Å². The summed E-state index contributed by atoms with van der Waals surface area (Å²) in [6, 6.07) is 10.3. The number of aromatic nitrogens is 2. The molecule has 30 heavy (non-hydrogen) atoms. The second-order valence-electron chi connectivity index (χ2n) is 8.19. The van der Waals surface area contributed by atoms with E-state index in [1.807, 2.05) is 30.0 Å². The Kier molecular flexibility index (Phi) is 5.51. The second kappa shape index (κ2) is 8.10. The monoisotopic (exact) mass is 412 g/mol. The lowest BCUT2D eigenvalue weighted by molar-refractivity contribution is -0.133. The van der Waals surface area contributed by atoms with Crippen LogP contribution in [-0.4, -0.2) is 56.8 Å². The summed E-state index contributed by atoms with van der Waals surface area (Å²) in [5, 5.41) is 14.9. The number of H-pyrrole nitrogens is 1. The Labute approximate surface area is 174 Å². The number of carbonyl (C=O) groups is 2. The Morgan fingerprint density at radius 1 is 1.27 bits per heavy atom. The predicted molar refractivity (Wildman–Crippen MR) is 111 cm³/mol. The number of amides is 2. The number of aliphatic hydroxyl groups is 1. The number of hydrogen-bond acceptors (Lipinski definition) is 4. The van der Waals surface area contributed by atoms with Gasteiger partial charge in [-0.1, -0.05) is 25.1 Å². The van der Waals surface area contributed by atoms with E-state index in [9.17, 15) is 14.4 Å².